The average Bonchev–Trinajstić information content (AvgIpc) is 3.20. The molecule has 2 heterocycles. The highest BCUT2D eigenvalue weighted by Gasteiger charge is 2.15. The van der Waals surface area contributed by atoms with Crippen molar-refractivity contribution in [1.82, 2.24) is 19.7 Å². The van der Waals surface area contributed by atoms with E-state index >= 15 is 0 Å². The van der Waals surface area contributed by atoms with Gasteiger partial charge in [0.05, 0.1) is 11.7 Å². The number of thioether (sulfide) groups is 1. The molecule has 29 heavy (non-hydrogen) atoms. The molecule has 0 aliphatic carbocycles. The van der Waals surface area contributed by atoms with Gasteiger partial charge < -0.3 is 14.5 Å². The third-order valence-electron chi connectivity index (χ3n) is 4.82. The Hall–Kier alpha value is -2.80. The van der Waals surface area contributed by atoms with E-state index in [-0.39, 0.29) is 4.91 Å². The predicted molar refractivity (Wildman–Crippen MR) is 114 cm³/mol. The van der Waals surface area contributed by atoms with Crippen molar-refractivity contribution in [2.75, 3.05) is 0 Å². The molecular formula is C22H25N4O2S-. The van der Waals surface area contributed by atoms with Crippen molar-refractivity contribution in [2.24, 2.45) is 0 Å². The number of para-hydroxylation sites is 1. The Balaban J connectivity index is 2.00. The van der Waals surface area contributed by atoms with Crippen molar-refractivity contribution in [3.8, 4) is 5.69 Å². The number of carboxylic acid groups (broad SMARTS) is 1. The SMILES string of the molecule is CCCc1nc(S/C(=C\c2cc(C)n(-c3c(C)cccc3C)c2C)C(=O)[O-])n[nH]1. The highest BCUT2D eigenvalue weighted by atomic mass is 32.2. The molecule has 152 valence electrons. The minimum Gasteiger partial charge on any atom is -0.544 e. The largest absolute Gasteiger partial charge is 0.544 e. The van der Waals surface area contributed by atoms with Crippen LogP contribution in [0.15, 0.2) is 34.3 Å². The summed E-state index contributed by atoms with van der Waals surface area (Å²) in [7, 11) is 0. The molecule has 0 aliphatic rings. The van der Waals surface area contributed by atoms with E-state index in [1.807, 2.05) is 32.9 Å². The number of nitrogens with zero attached hydrogens (tertiary/aromatic N) is 3. The lowest BCUT2D eigenvalue weighted by Crippen LogP contribution is -2.23. The van der Waals surface area contributed by atoms with Gasteiger partial charge in [0.15, 0.2) is 0 Å². The zero-order valence-electron chi connectivity index (χ0n) is 17.4. The highest BCUT2D eigenvalue weighted by Crippen LogP contribution is 2.30. The van der Waals surface area contributed by atoms with Crippen LogP contribution in [-0.2, 0) is 11.2 Å². The van der Waals surface area contributed by atoms with Crippen LogP contribution >= 0.6 is 11.8 Å². The van der Waals surface area contributed by atoms with Gasteiger partial charge in [-0.1, -0.05) is 25.1 Å². The Kier molecular flexibility index (Phi) is 6.27. The molecule has 0 radical (unpaired) electrons. The Morgan fingerprint density at radius 1 is 1.24 bits per heavy atom. The third kappa shape index (κ3) is 4.45. The molecule has 0 unspecified atom stereocenters. The molecule has 7 heteroatoms. The Morgan fingerprint density at radius 2 is 1.93 bits per heavy atom. The van der Waals surface area contributed by atoms with E-state index in [0.717, 1.165) is 53.1 Å². The van der Waals surface area contributed by atoms with E-state index in [4.69, 9.17) is 0 Å². The summed E-state index contributed by atoms with van der Waals surface area (Å²) < 4.78 is 2.17. The molecule has 0 aliphatic heterocycles. The minimum atomic E-state index is -1.24. The number of nitrogens with one attached hydrogen (secondary N) is 1. The second-order valence-corrected chi connectivity index (χ2v) is 8.12. The van der Waals surface area contributed by atoms with E-state index in [0.29, 0.717) is 5.16 Å². The molecule has 0 saturated carbocycles. The van der Waals surface area contributed by atoms with Gasteiger partial charge in [-0.2, -0.15) is 0 Å². The molecule has 0 fully saturated rings. The fourth-order valence-electron chi connectivity index (χ4n) is 3.48. The number of rotatable bonds is 7. The van der Waals surface area contributed by atoms with Crippen LogP contribution in [0.25, 0.3) is 11.8 Å². The van der Waals surface area contributed by atoms with Crippen LogP contribution < -0.4 is 5.11 Å². The lowest BCUT2D eigenvalue weighted by Gasteiger charge is -2.15. The van der Waals surface area contributed by atoms with E-state index in [1.165, 1.54) is 11.1 Å². The quantitative estimate of drug-likeness (QED) is 0.475. The zero-order chi connectivity index (χ0) is 21.1. The molecule has 0 atom stereocenters. The molecule has 1 N–H and O–H groups in total. The predicted octanol–water partition coefficient (Wildman–Crippen LogP) is 3.66. The fraction of sp³-hybridized carbons (Fsp3) is 0.318. The second-order valence-electron chi connectivity index (χ2n) is 7.12. The summed E-state index contributed by atoms with van der Waals surface area (Å²) in [5.74, 6) is -0.491. The maximum Gasteiger partial charge on any atom is 0.213 e. The van der Waals surface area contributed by atoms with Crippen LogP contribution in [0, 0.1) is 27.7 Å². The standard InChI is InChI=1S/C22H26N4O2S/c1-6-8-19-23-22(25-24-19)29-18(21(27)28)12-17-11-15(4)26(16(17)5)20-13(2)9-7-10-14(20)3/h7,9-12H,6,8H2,1-5H3,(H,27,28)(H,23,24,25)/p-1/b18-12-. The summed E-state index contributed by atoms with van der Waals surface area (Å²) in [6.07, 6.45) is 3.35. The first-order valence-electron chi connectivity index (χ1n) is 9.59. The number of hydrogen-bond acceptors (Lipinski definition) is 5. The van der Waals surface area contributed by atoms with Crippen molar-refractivity contribution in [2.45, 2.75) is 52.6 Å². The van der Waals surface area contributed by atoms with Gasteiger partial charge in [-0.3, -0.25) is 5.10 Å². The molecule has 2 aromatic heterocycles. The fourth-order valence-corrected chi connectivity index (χ4v) is 4.19. The molecule has 0 saturated heterocycles. The van der Waals surface area contributed by atoms with E-state index in [1.54, 1.807) is 6.08 Å². The summed E-state index contributed by atoms with van der Waals surface area (Å²) in [6.45, 7) is 10.2. The van der Waals surface area contributed by atoms with Gasteiger partial charge in [-0.15, -0.1) is 5.10 Å². The second kappa shape index (κ2) is 8.69. The number of aromatic amines is 1. The number of carbonyl (C=O) groups excluding carboxylic acids is 1. The molecular weight excluding hydrogens is 384 g/mol. The highest BCUT2D eigenvalue weighted by molar-refractivity contribution is 8.04. The first kappa shape index (κ1) is 20.9. The Morgan fingerprint density at radius 3 is 2.55 bits per heavy atom. The summed E-state index contributed by atoms with van der Waals surface area (Å²) in [5.41, 5.74) is 6.31. The first-order chi connectivity index (χ1) is 13.8. The monoisotopic (exact) mass is 409 g/mol. The molecule has 3 rings (SSSR count). The smallest absolute Gasteiger partial charge is 0.213 e. The zero-order valence-corrected chi connectivity index (χ0v) is 18.2. The number of carboxylic acids is 1. The normalized spacial score (nSPS) is 11.8. The van der Waals surface area contributed by atoms with Crippen LogP contribution in [0.3, 0.4) is 0 Å². The topological polar surface area (TPSA) is 86.6 Å². The lowest BCUT2D eigenvalue weighted by molar-refractivity contribution is -0.297. The Bertz CT molecular complexity index is 1060. The van der Waals surface area contributed by atoms with E-state index in [9.17, 15) is 9.90 Å². The van der Waals surface area contributed by atoms with Gasteiger partial charge in [0.2, 0.25) is 5.16 Å². The van der Waals surface area contributed by atoms with Crippen molar-refractivity contribution in [3.05, 3.63) is 63.1 Å². The van der Waals surface area contributed by atoms with Gasteiger partial charge in [0.1, 0.15) is 5.82 Å². The van der Waals surface area contributed by atoms with E-state index in [2.05, 4.69) is 45.7 Å². The number of aromatic nitrogens is 4. The van der Waals surface area contributed by atoms with Crippen LogP contribution in [0.5, 0.6) is 0 Å². The molecule has 6 nitrogen and oxygen atoms in total. The summed E-state index contributed by atoms with van der Waals surface area (Å²) in [4.78, 5) is 16.2. The van der Waals surface area contributed by atoms with Gasteiger partial charge >= 0.3 is 0 Å². The number of carbonyl (C=O) groups is 1. The molecule has 1 aromatic carbocycles. The maximum absolute atomic E-state index is 11.7. The summed E-state index contributed by atoms with van der Waals surface area (Å²) in [6, 6.07) is 8.19. The first-order valence-corrected chi connectivity index (χ1v) is 10.4. The van der Waals surface area contributed by atoms with Gasteiger partial charge in [-0.25, -0.2) is 4.98 Å². The van der Waals surface area contributed by atoms with Gasteiger partial charge in [0.25, 0.3) is 0 Å². The molecule has 0 spiro atoms. The van der Waals surface area contributed by atoms with Crippen molar-refractivity contribution < 1.29 is 9.90 Å². The van der Waals surface area contributed by atoms with Gasteiger partial charge in [0, 0.05) is 22.7 Å². The molecule has 0 amide bonds. The molecule has 0 bridgehead atoms. The number of benzene rings is 1. The van der Waals surface area contributed by atoms with Gasteiger partial charge in [-0.05, 0) is 74.7 Å². The summed E-state index contributed by atoms with van der Waals surface area (Å²) >= 11 is 1.00. The van der Waals surface area contributed by atoms with Crippen LogP contribution in [0.1, 0.15) is 47.2 Å². The average molecular weight is 410 g/mol. The lowest BCUT2D eigenvalue weighted by atomic mass is 10.1. The number of aryl methyl sites for hydroxylation is 4. The number of H-pyrrole nitrogens is 1. The van der Waals surface area contributed by atoms with Crippen LogP contribution in [0.2, 0.25) is 0 Å². The van der Waals surface area contributed by atoms with Crippen molar-refractivity contribution in [3.63, 3.8) is 0 Å². The third-order valence-corrected chi connectivity index (χ3v) is 5.69. The van der Waals surface area contributed by atoms with Crippen LogP contribution in [-0.4, -0.2) is 25.7 Å². The Labute approximate surface area is 175 Å². The number of hydrogen-bond donors (Lipinski definition) is 1. The minimum absolute atomic E-state index is 0.0776. The van der Waals surface area contributed by atoms with Crippen molar-refractivity contribution >= 4 is 23.8 Å². The maximum atomic E-state index is 11.7. The molecule has 3 aromatic rings. The number of aliphatic carboxylic acids is 1. The summed E-state index contributed by atoms with van der Waals surface area (Å²) in [5, 5.41) is 19.1. The van der Waals surface area contributed by atoms with Crippen molar-refractivity contribution in [1.29, 1.82) is 0 Å². The van der Waals surface area contributed by atoms with Crippen LogP contribution in [0.4, 0.5) is 0 Å². The van der Waals surface area contributed by atoms with E-state index < -0.39 is 5.97 Å².